The van der Waals surface area contributed by atoms with Crippen molar-refractivity contribution in [3.63, 3.8) is 0 Å². The standard InChI is InChI=1S/C24H27FN4O2S/c1-14-6-11-20-21(15(14)2)29(13-16-12-19(25)22(26)28-23(16)27-20)32(30,31)18-9-7-17(8-10-18)24(3,4)5/h6-12H,13H2,1-5H3,(H3,26,27,28). The summed E-state index contributed by atoms with van der Waals surface area (Å²) in [7, 11) is -3.95. The van der Waals surface area contributed by atoms with Crippen molar-refractivity contribution < 1.29 is 12.8 Å². The molecule has 0 spiro atoms. The lowest BCUT2D eigenvalue weighted by Crippen LogP contribution is -2.31. The van der Waals surface area contributed by atoms with Gasteiger partial charge in [-0.3, -0.25) is 4.31 Å². The van der Waals surface area contributed by atoms with Gasteiger partial charge in [-0.25, -0.2) is 17.8 Å². The molecule has 2 heterocycles. The number of nitrogens with one attached hydrogen (secondary N) is 1. The number of nitrogens with two attached hydrogens (primary N) is 1. The van der Waals surface area contributed by atoms with Gasteiger partial charge in [-0.2, -0.15) is 0 Å². The summed E-state index contributed by atoms with van der Waals surface area (Å²) in [4.78, 5) is 4.29. The van der Waals surface area contributed by atoms with Gasteiger partial charge in [0.25, 0.3) is 10.0 Å². The smallest absolute Gasteiger partial charge is 0.264 e. The van der Waals surface area contributed by atoms with Crippen molar-refractivity contribution in [3.05, 3.63) is 70.5 Å². The van der Waals surface area contributed by atoms with Gasteiger partial charge >= 0.3 is 0 Å². The largest absolute Gasteiger partial charge is 0.381 e. The van der Waals surface area contributed by atoms with Gasteiger partial charge < -0.3 is 11.1 Å². The minimum Gasteiger partial charge on any atom is -0.381 e. The summed E-state index contributed by atoms with van der Waals surface area (Å²) in [5.74, 6) is -0.582. The first kappa shape index (κ1) is 22.1. The number of benzene rings is 2. The number of aromatic nitrogens is 1. The lowest BCUT2D eigenvalue weighted by atomic mass is 9.87. The number of pyridine rings is 1. The van der Waals surface area contributed by atoms with Crippen LogP contribution in [0.1, 0.15) is 43.0 Å². The van der Waals surface area contributed by atoms with Crippen molar-refractivity contribution in [2.75, 3.05) is 15.4 Å². The number of halogens is 1. The molecule has 32 heavy (non-hydrogen) atoms. The molecule has 0 radical (unpaired) electrons. The van der Waals surface area contributed by atoms with Gasteiger partial charge in [-0.05, 0) is 60.2 Å². The van der Waals surface area contributed by atoms with E-state index in [4.69, 9.17) is 5.73 Å². The number of hydrogen-bond donors (Lipinski definition) is 2. The average molecular weight is 455 g/mol. The molecule has 6 nitrogen and oxygen atoms in total. The minimum atomic E-state index is -3.95. The van der Waals surface area contributed by atoms with Gasteiger partial charge in [0.05, 0.1) is 22.8 Å². The predicted octanol–water partition coefficient (Wildman–Crippen LogP) is 5.17. The van der Waals surface area contributed by atoms with Gasteiger partial charge in [0.2, 0.25) is 0 Å². The Morgan fingerprint density at radius 3 is 2.38 bits per heavy atom. The lowest BCUT2D eigenvalue weighted by molar-refractivity contribution is 0.584. The topological polar surface area (TPSA) is 88.3 Å². The summed E-state index contributed by atoms with van der Waals surface area (Å²) in [6, 6.07) is 11.9. The van der Waals surface area contributed by atoms with E-state index in [-0.39, 0.29) is 22.7 Å². The van der Waals surface area contributed by atoms with E-state index in [1.54, 1.807) is 18.2 Å². The van der Waals surface area contributed by atoms with Crippen LogP contribution in [0.4, 0.5) is 27.4 Å². The number of anilines is 4. The zero-order valence-electron chi connectivity index (χ0n) is 18.8. The fourth-order valence-electron chi connectivity index (χ4n) is 3.81. The highest BCUT2D eigenvalue weighted by atomic mass is 32.2. The van der Waals surface area contributed by atoms with Crippen LogP contribution in [-0.4, -0.2) is 13.4 Å². The molecule has 3 N–H and O–H groups in total. The third-order valence-corrected chi connectivity index (χ3v) is 7.67. The van der Waals surface area contributed by atoms with Gasteiger partial charge in [0, 0.05) is 5.56 Å². The number of sulfonamides is 1. The van der Waals surface area contributed by atoms with Crippen molar-refractivity contribution in [3.8, 4) is 0 Å². The van der Waals surface area contributed by atoms with Gasteiger partial charge in [-0.15, -0.1) is 0 Å². The van der Waals surface area contributed by atoms with Crippen LogP contribution in [0.5, 0.6) is 0 Å². The molecule has 0 atom stereocenters. The molecule has 0 unspecified atom stereocenters. The number of hydrogen-bond acceptors (Lipinski definition) is 5. The van der Waals surface area contributed by atoms with Crippen LogP contribution in [0.3, 0.4) is 0 Å². The van der Waals surface area contributed by atoms with E-state index in [9.17, 15) is 12.8 Å². The fraction of sp³-hybridized carbons (Fsp3) is 0.292. The second-order valence-corrected chi connectivity index (χ2v) is 11.0. The Morgan fingerprint density at radius 1 is 1.09 bits per heavy atom. The Kier molecular flexibility index (Phi) is 5.16. The van der Waals surface area contributed by atoms with E-state index >= 15 is 0 Å². The maximum absolute atomic E-state index is 14.2. The first-order chi connectivity index (χ1) is 14.9. The second-order valence-electron chi connectivity index (χ2n) is 9.18. The van der Waals surface area contributed by atoms with E-state index in [1.165, 1.54) is 10.4 Å². The molecule has 1 aliphatic heterocycles. The Hall–Kier alpha value is -3.13. The van der Waals surface area contributed by atoms with Crippen LogP contribution in [0.15, 0.2) is 47.4 Å². The highest BCUT2D eigenvalue weighted by Gasteiger charge is 2.33. The van der Waals surface area contributed by atoms with Crippen molar-refractivity contribution in [1.82, 2.24) is 4.98 Å². The summed E-state index contributed by atoms with van der Waals surface area (Å²) in [5, 5.41) is 3.16. The summed E-state index contributed by atoms with van der Waals surface area (Å²) in [6.45, 7) is 9.94. The molecule has 0 saturated heterocycles. The van der Waals surface area contributed by atoms with Crippen molar-refractivity contribution in [2.45, 2.75) is 51.5 Å². The minimum absolute atomic E-state index is 0.0762. The Morgan fingerprint density at radius 2 is 1.75 bits per heavy atom. The molecular formula is C24H27FN4O2S. The Bertz CT molecular complexity index is 1310. The highest BCUT2D eigenvalue weighted by Crippen LogP contribution is 2.42. The maximum Gasteiger partial charge on any atom is 0.264 e. The van der Waals surface area contributed by atoms with E-state index in [0.29, 0.717) is 22.8 Å². The monoisotopic (exact) mass is 454 g/mol. The fourth-order valence-corrected chi connectivity index (χ4v) is 5.33. The van der Waals surface area contributed by atoms with Crippen LogP contribution < -0.4 is 15.4 Å². The Balaban J connectivity index is 1.91. The summed E-state index contributed by atoms with van der Waals surface area (Å²) in [5.41, 5.74) is 9.85. The van der Waals surface area contributed by atoms with E-state index in [1.807, 2.05) is 32.0 Å². The number of nitrogen functional groups attached to an aromatic ring is 1. The summed E-state index contributed by atoms with van der Waals surface area (Å²) < 4.78 is 43.3. The molecule has 0 amide bonds. The molecule has 0 fully saturated rings. The first-order valence-corrected chi connectivity index (χ1v) is 11.8. The van der Waals surface area contributed by atoms with Gasteiger partial charge in [-0.1, -0.05) is 39.0 Å². The number of fused-ring (bicyclic) bond motifs is 2. The molecule has 3 aromatic rings. The zero-order valence-corrected chi connectivity index (χ0v) is 19.6. The molecule has 4 rings (SSSR count). The maximum atomic E-state index is 14.2. The van der Waals surface area contributed by atoms with Crippen LogP contribution in [-0.2, 0) is 22.0 Å². The van der Waals surface area contributed by atoms with Crippen LogP contribution >= 0.6 is 0 Å². The molecular weight excluding hydrogens is 427 g/mol. The molecule has 1 aliphatic rings. The molecule has 168 valence electrons. The third-order valence-electron chi connectivity index (χ3n) is 5.91. The van der Waals surface area contributed by atoms with E-state index in [0.717, 1.165) is 16.7 Å². The van der Waals surface area contributed by atoms with Crippen molar-refractivity contribution in [1.29, 1.82) is 0 Å². The number of rotatable bonds is 2. The third kappa shape index (κ3) is 3.68. The summed E-state index contributed by atoms with van der Waals surface area (Å²) in [6.07, 6.45) is 0. The normalized spacial score (nSPS) is 13.8. The molecule has 0 aliphatic carbocycles. The van der Waals surface area contributed by atoms with Gasteiger partial charge in [0.1, 0.15) is 5.82 Å². The first-order valence-electron chi connectivity index (χ1n) is 10.3. The number of nitrogens with zero attached hydrogens (tertiary/aromatic N) is 2. The zero-order chi connectivity index (χ0) is 23.4. The molecule has 0 bridgehead atoms. The number of aryl methyl sites for hydroxylation is 1. The van der Waals surface area contributed by atoms with E-state index in [2.05, 4.69) is 31.1 Å². The lowest BCUT2D eigenvalue weighted by Gasteiger charge is -2.27. The van der Waals surface area contributed by atoms with Crippen LogP contribution in [0.25, 0.3) is 0 Å². The van der Waals surface area contributed by atoms with Crippen molar-refractivity contribution in [2.24, 2.45) is 0 Å². The van der Waals surface area contributed by atoms with E-state index < -0.39 is 15.8 Å². The SMILES string of the molecule is Cc1ccc2c(c1C)N(S(=O)(=O)c1ccc(C(C)(C)C)cc1)Cc1cc(F)c(N)nc1N2. The summed E-state index contributed by atoms with van der Waals surface area (Å²) >= 11 is 0. The quantitative estimate of drug-likeness (QED) is 0.558. The highest BCUT2D eigenvalue weighted by molar-refractivity contribution is 7.92. The Labute approximate surface area is 188 Å². The molecule has 8 heteroatoms. The van der Waals surface area contributed by atoms with Gasteiger partial charge in [0.15, 0.2) is 11.6 Å². The molecule has 2 aromatic carbocycles. The van der Waals surface area contributed by atoms with Crippen molar-refractivity contribution >= 4 is 33.0 Å². The van der Waals surface area contributed by atoms with Crippen LogP contribution in [0.2, 0.25) is 0 Å². The van der Waals surface area contributed by atoms with Crippen LogP contribution in [0, 0.1) is 19.7 Å². The second kappa shape index (κ2) is 7.48. The molecule has 1 aromatic heterocycles. The predicted molar refractivity (Wildman–Crippen MR) is 126 cm³/mol. The molecule has 0 saturated carbocycles. The average Bonchev–Trinajstić information content (AvgIpc) is 2.88.